The lowest BCUT2D eigenvalue weighted by molar-refractivity contribution is 0.0572. The quantitative estimate of drug-likeness (QED) is 0.604. The summed E-state index contributed by atoms with van der Waals surface area (Å²) >= 11 is 0. The number of likely N-dealkylation sites (tertiary alicyclic amines) is 1. The van der Waals surface area contributed by atoms with E-state index in [0.29, 0.717) is 0 Å². The van der Waals surface area contributed by atoms with Crippen molar-refractivity contribution in [1.29, 1.82) is 0 Å². The van der Waals surface area contributed by atoms with E-state index in [9.17, 15) is 23.4 Å². The monoisotopic (exact) mass is 303 g/mol. The molecule has 2 rings (SSSR count). The Labute approximate surface area is 116 Å². The first kappa shape index (κ1) is 15.0. The molecular weight excluding hydrogens is 286 g/mol. The van der Waals surface area contributed by atoms with E-state index in [2.05, 4.69) is 4.72 Å². The summed E-state index contributed by atoms with van der Waals surface area (Å²) in [6, 6.07) is 1.27. The fraction of sp³-hybridized carbons (Fsp3) is 0.545. The Morgan fingerprint density at radius 3 is 2.40 bits per heavy atom. The van der Waals surface area contributed by atoms with Gasteiger partial charge in [-0.15, -0.1) is 0 Å². The van der Waals surface area contributed by atoms with Gasteiger partial charge in [0, 0.05) is 26.3 Å². The Morgan fingerprint density at radius 1 is 1.35 bits per heavy atom. The smallest absolute Gasteiger partial charge is 0.270 e. The summed E-state index contributed by atoms with van der Waals surface area (Å²) in [7, 11) is -0.770. The Kier molecular flexibility index (Phi) is 3.87. The normalized spacial score (nSPS) is 23.3. The maximum Gasteiger partial charge on any atom is 0.270 e. The first-order valence-electron chi connectivity index (χ1n) is 6.01. The van der Waals surface area contributed by atoms with Crippen LogP contribution in [0, 0.1) is 0 Å². The van der Waals surface area contributed by atoms with Gasteiger partial charge in [0.25, 0.3) is 5.91 Å². The maximum absolute atomic E-state index is 12.3. The van der Waals surface area contributed by atoms with Gasteiger partial charge < -0.3 is 19.7 Å². The van der Waals surface area contributed by atoms with Crippen molar-refractivity contribution in [3.63, 3.8) is 0 Å². The van der Waals surface area contributed by atoms with Gasteiger partial charge in [0.2, 0.25) is 10.0 Å². The van der Waals surface area contributed by atoms with Crippen molar-refractivity contribution in [3.05, 3.63) is 18.0 Å². The molecule has 1 aliphatic heterocycles. The number of hydrogen-bond acceptors (Lipinski definition) is 5. The molecule has 0 bridgehead atoms. The third-order valence-electron chi connectivity index (χ3n) is 3.32. The third-order valence-corrected chi connectivity index (χ3v) is 4.71. The maximum atomic E-state index is 12.3. The minimum Gasteiger partial charge on any atom is -0.388 e. The molecule has 2 unspecified atom stereocenters. The minimum atomic E-state index is -3.62. The van der Waals surface area contributed by atoms with E-state index in [1.807, 2.05) is 0 Å². The molecule has 1 fully saturated rings. The van der Waals surface area contributed by atoms with Crippen LogP contribution in [0.1, 0.15) is 10.5 Å². The van der Waals surface area contributed by atoms with Crippen LogP contribution in [-0.4, -0.2) is 66.4 Å². The van der Waals surface area contributed by atoms with Crippen molar-refractivity contribution >= 4 is 15.9 Å². The van der Waals surface area contributed by atoms with Gasteiger partial charge in [-0.2, -0.15) is 0 Å². The number of aliphatic hydroxyl groups is 2. The SMILES string of the molecule is CNS(=O)(=O)c1cc(C(=O)N2CC(O)C(O)C2)n(C)c1. The summed E-state index contributed by atoms with van der Waals surface area (Å²) in [6.45, 7) is 0.0541. The number of hydrogen-bond donors (Lipinski definition) is 3. The van der Waals surface area contributed by atoms with Gasteiger partial charge >= 0.3 is 0 Å². The number of aliphatic hydroxyl groups excluding tert-OH is 2. The van der Waals surface area contributed by atoms with Crippen LogP contribution in [0.25, 0.3) is 0 Å². The fourth-order valence-electron chi connectivity index (χ4n) is 2.11. The third kappa shape index (κ3) is 2.57. The molecule has 0 spiro atoms. The molecule has 0 aromatic carbocycles. The summed E-state index contributed by atoms with van der Waals surface area (Å²) in [5.74, 6) is -0.430. The fourth-order valence-corrected chi connectivity index (χ4v) is 2.91. The van der Waals surface area contributed by atoms with Crippen LogP contribution >= 0.6 is 0 Å². The number of rotatable bonds is 3. The van der Waals surface area contributed by atoms with Crippen LogP contribution in [0.3, 0.4) is 0 Å². The zero-order valence-electron chi connectivity index (χ0n) is 11.1. The summed E-state index contributed by atoms with van der Waals surface area (Å²) in [5, 5.41) is 18.9. The number of amides is 1. The molecule has 1 aromatic rings. The van der Waals surface area contributed by atoms with Gasteiger partial charge in [0.1, 0.15) is 10.6 Å². The van der Waals surface area contributed by atoms with Crippen molar-refractivity contribution in [2.24, 2.45) is 7.05 Å². The number of aryl methyl sites for hydroxylation is 1. The van der Waals surface area contributed by atoms with Gasteiger partial charge in [-0.1, -0.05) is 0 Å². The van der Waals surface area contributed by atoms with Gasteiger partial charge in [0.05, 0.1) is 12.2 Å². The molecule has 20 heavy (non-hydrogen) atoms. The average Bonchev–Trinajstić information content (AvgIpc) is 2.93. The number of sulfonamides is 1. The molecule has 1 saturated heterocycles. The van der Waals surface area contributed by atoms with E-state index in [-0.39, 0.29) is 23.7 Å². The largest absolute Gasteiger partial charge is 0.388 e. The molecule has 1 amide bonds. The van der Waals surface area contributed by atoms with Crippen molar-refractivity contribution in [2.75, 3.05) is 20.1 Å². The molecule has 2 atom stereocenters. The van der Waals surface area contributed by atoms with Gasteiger partial charge in [0.15, 0.2) is 0 Å². The van der Waals surface area contributed by atoms with E-state index >= 15 is 0 Å². The second-order valence-electron chi connectivity index (χ2n) is 4.72. The van der Waals surface area contributed by atoms with Crippen LogP contribution in [0.5, 0.6) is 0 Å². The summed E-state index contributed by atoms with van der Waals surface area (Å²) in [4.78, 5) is 13.5. The van der Waals surface area contributed by atoms with E-state index in [0.717, 1.165) is 0 Å². The van der Waals surface area contributed by atoms with Crippen molar-refractivity contribution < 1.29 is 23.4 Å². The number of β-amino-alcohol motifs (C(OH)–C–C–N with tert-alkyl or cyclic N) is 2. The molecule has 0 saturated carbocycles. The Bertz CT molecular complexity index is 614. The first-order valence-corrected chi connectivity index (χ1v) is 7.50. The van der Waals surface area contributed by atoms with Crippen LogP contribution < -0.4 is 4.72 Å². The molecule has 112 valence electrons. The molecule has 8 nitrogen and oxygen atoms in total. The second-order valence-corrected chi connectivity index (χ2v) is 6.61. The zero-order chi connectivity index (χ0) is 15.1. The van der Waals surface area contributed by atoms with Crippen LogP contribution in [0.15, 0.2) is 17.2 Å². The average molecular weight is 303 g/mol. The van der Waals surface area contributed by atoms with E-state index in [1.54, 1.807) is 7.05 Å². The Balaban J connectivity index is 2.28. The lowest BCUT2D eigenvalue weighted by Crippen LogP contribution is -2.31. The van der Waals surface area contributed by atoms with Crippen molar-refractivity contribution in [3.8, 4) is 0 Å². The molecule has 9 heteroatoms. The van der Waals surface area contributed by atoms with E-state index in [4.69, 9.17) is 0 Å². The molecule has 0 aliphatic carbocycles. The number of carbonyl (C=O) groups is 1. The number of nitrogens with zero attached hydrogens (tertiary/aromatic N) is 2. The highest BCUT2D eigenvalue weighted by Gasteiger charge is 2.34. The predicted octanol–water partition coefficient (Wildman–Crippen LogP) is -1.89. The molecule has 0 radical (unpaired) electrons. The van der Waals surface area contributed by atoms with E-state index < -0.39 is 28.1 Å². The van der Waals surface area contributed by atoms with Crippen molar-refractivity contribution in [2.45, 2.75) is 17.1 Å². The van der Waals surface area contributed by atoms with Gasteiger partial charge in [-0.3, -0.25) is 4.79 Å². The van der Waals surface area contributed by atoms with Crippen LogP contribution in [-0.2, 0) is 17.1 Å². The Hall–Kier alpha value is -1.42. The molecule has 3 N–H and O–H groups in total. The zero-order valence-corrected chi connectivity index (χ0v) is 12.0. The van der Waals surface area contributed by atoms with Crippen molar-refractivity contribution in [1.82, 2.24) is 14.2 Å². The number of nitrogens with one attached hydrogen (secondary N) is 1. The molecule has 1 aliphatic rings. The topological polar surface area (TPSA) is 112 Å². The van der Waals surface area contributed by atoms with Gasteiger partial charge in [-0.05, 0) is 13.1 Å². The second kappa shape index (κ2) is 5.17. The van der Waals surface area contributed by atoms with Gasteiger partial charge in [-0.25, -0.2) is 13.1 Å². The first-order chi connectivity index (χ1) is 9.26. The summed E-state index contributed by atoms with van der Waals surface area (Å²) in [6.07, 6.45) is -0.610. The molecule has 2 heterocycles. The highest BCUT2D eigenvalue weighted by Crippen LogP contribution is 2.18. The minimum absolute atomic E-state index is 0.00820. The highest BCUT2D eigenvalue weighted by atomic mass is 32.2. The molecular formula is C11H17N3O5S. The van der Waals surface area contributed by atoms with Crippen LogP contribution in [0.2, 0.25) is 0 Å². The lowest BCUT2D eigenvalue weighted by Gasteiger charge is -2.15. The standard InChI is InChI=1S/C11H17N3O5S/c1-12-20(18,19)7-3-8(13(2)4-7)11(17)14-5-9(15)10(16)6-14/h3-4,9-10,12,15-16H,5-6H2,1-2H3. The Morgan fingerprint density at radius 2 is 1.90 bits per heavy atom. The lowest BCUT2D eigenvalue weighted by atomic mass is 10.3. The number of carbonyl (C=O) groups excluding carboxylic acids is 1. The summed E-state index contributed by atoms with van der Waals surface area (Å²) in [5.41, 5.74) is 0.181. The predicted molar refractivity (Wildman–Crippen MR) is 69.6 cm³/mol. The summed E-state index contributed by atoms with van der Waals surface area (Å²) < 4.78 is 27.0. The van der Waals surface area contributed by atoms with Crippen LogP contribution in [0.4, 0.5) is 0 Å². The highest BCUT2D eigenvalue weighted by molar-refractivity contribution is 7.89. The molecule has 1 aromatic heterocycles. The van der Waals surface area contributed by atoms with E-state index in [1.165, 1.54) is 28.8 Å². The number of aromatic nitrogens is 1.